The number of piperidine rings is 1. The van der Waals surface area contributed by atoms with E-state index < -0.39 is 11.7 Å². The number of nitrogens with zero attached hydrogens (tertiary/aromatic N) is 3. The Hall–Kier alpha value is -2.35. The second-order valence-corrected chi connectivity index (χ2v) is 7.96. The molecule has 1 aromatic carbocycles. The van der Waals surface area contributed by atoms with E-state index in [1.165, 1.54) is 23.2 Å². The third-order valence-corrected chi connectivity index (χ3v) is 6.35. The van der Waals surface area contributed by atoms with Crippen molar-refractivity contribution in [1.29, 1.82) is 0 Å². The van der Waals surface area contributed by atoms with Gasteiger partial charge in [0.05, 0.1) is 23.5 Å². The van der Waals surface area contributed by atoms with Crippen molar-refractivity contribution in [3.8, 4) is 5.69 Å². The molecule has 2 unspecified atom stereocenters. The van der Waals surface area contributed by atoms with Gasteiger partial charge in [-0.05, 0) is 61.4 Å². The van der Waals surface area contributed by atoms with E-state index in [1.54, 1.807) is 17.2 Å². The number of benzene rings is 1. The molecule has 1 spiro atoms. The van der Waals surface area contributed by atoms with E-state index in [0.717, 1.165) is 37.5 Å². The number of carbonyl (C=O) groups is 1. The maximum Gasteiger partial charge on any atom is 0.416 e. The van der Waals surface area contributed by atoms with Crippen LogP contribution in [0, 0.1) is 11.8 Å². The molecule has 28 heavy (non-hydrogen) atoms. The number of fused-ring (bicyclic) bond motifs is 2. The smallest absolute Gasteiger partial charge is 0.374 e. The summed E-state index contributed by atoms with van der Waals surface area (Å²) in [5.41, 5.74) is 0.0337. The number of hydrogen-bond acceptors (Lipinski definition) is 3. The average molecular weight is 391 g/mol. The lowest BCUT2D eigenvalue weighted by Gasteiger charge is -2.39. The molecule has 148 valence electrons. The lowest BCUT2D eigenvalue weighted by atomic mass is 9.86. The summed E-state index contributed by atoms with van der Waals surface area (Å²) in [6.07, 6.45) is 0.194. The van der Waals surface area contributed by atoms with Crippen LogP contribution >= 0.6 is 0 Å². The van der Waals surface area contributed by atoms with Crippen LogP contribution in [0.25, 0.3) is 5.69 Å². The van der Waals surface area contributed by atoms with Crippen molar-refractivity contribution in [2.75, 3.05) is 19.7 Å². The van der Waals surface area contributed by atoms with Gasteiger partial charge in [0.1, 0.15) is 0 Å². The second kappa shape index (κ2) is 6.07. The van der Waals surface area contributed by atoms with E-state index in [4.69, 9.17) is 4.74 Å². The molecule has 2 saturated heterocycles. The zero-order valence-electron chi connectivity index (χ0n) is 15.2. The van der Waals surface area contributed by atoms with Crippen LogP contribution in [-0.2, 0) is 10.9 Å². The van der Waals surface area contributed by atoms with Gasteiger partial charge in [0.25, 0.3) is 5.91 Å². The molecule has 1 amide bonds. The quantitative estimate of drug-likeness (QED) is 0.787. The molecule has 1 aromatic heterocycles. The Labute approximate surface area is 160 Å². The number of halogens is 3. The third kappa shape index (κ3) is 2.90. The molecule has 8 heteroatoms. The van der Waals surface area contributed by atoms with Crippen LogP contribution in [0.3, 0.4) is 0 Å². The molecule has 0 radical (unpaired) electrons. The Morgan fingerprint density at radius 2 is 1.86 bits per heavy atom. The molecule has 3 fully saturated rings. The molecule has 5 rings (SSSR count). The van der Waals surface area contributed by atoms with Crippen molar-refractivity contribution in [2.24, 2.45) is 11.8 Å². The molecule has 1 aliphatic carbocycles. The molecule has 3 aliphatic rings. The Morgan fingerprint density at radius 3 is 2.43 bits per heavy atom. The summed E-state index contributed by atoms with van der Waals surface area (Å²) in [5, 5.41) is 4.27. The summed E-state index contributed by atoms with van der Waals surface area (Å²) >= 11 is 0. The normalized spacial score (nSPS) is 25.8. The minimum atomic E-state index is -4.38. The standard InChI is InChI=1S/C20H20F3N3O2/c21-20(22,23)14-1-3-15(4-2-14)26-8-5-17(24-26)18(27)25-9-6-19(7-10-25)16-11-13(16)12-28-19/h1-5,8,13,16H,6-7,9-12H2. The molecule has 3 heterocycles. The van der Waals surface area contributed by atoms with Crippen LogP contribution in [0.4, 0.5) is 13.2 Å². The van der Waals surface area contributed by atoms with Crippen LogP contribution in [0.2, 0.25) is 0 Å². The fourth-order valence-electron chi connectivity index (χ4n) is 4.61. The molecule has 2 atom stereocenters. The number of aromatic nitrogens is 2. The summed E-state index contributed by atoms with van der Waals surface area (Å²) in [6, 6.07) is 6.31. The van der Waals surface area contributed by atoms with Gasteiger partial charge in [-0.15, -0.1) is 0 Å². The molecular weight excluding hydrogens is 371 g/mol. The van der Waals surface area contributed by atoms with Crippen LogP contribution in [-0.4, -0.2) is 45.9 Å². The van der Waals surface area contributed by atoms with Crippen molar-refractivity contribution in [3.05, 3.63) is 47.8 Å². The van der Waals surface area contributed by atoms with Gasteiger partial charge >= 0.3 is 6.18 Å². The molecule has 2 aliphatic heterocycles. The molecular formula is C20H20F3N3O2. The Morgan fingerprint density at radius 1 is 1.14 bits per heavy atom. The number of ether oxygens (including phenoxy) is 1. The van der Waals surface area contributed by atoms with Crippen LogP contribution in [0.5, 0.6) is 0 Å². The molecule has 2 aromatic rings. The summed E-state index contributed by atoms with van der Waals surface area (Å²) in [6.45, 7) is 2.15. The van der Waals surface area contributed by atoms with Gasteiger partial charge < -0.3 is 9.64 Å². The number of amides is 1. The van der Waals surface area contributed by atoms with Crippen molar-refractivity contribution in [1.82, 2.24) is 14.7 Å². The van der Waals surface area contributed by atoms with Gasteiger partial charge in [-0.3, -0.25) is 4.79 Å². The molecule has 5 nitrogen and oxygen atoms in total. The summed E-state index contributed by atoms with van der Waals surface area (Å²) in [7, 11) is 0. The highest BCUT2D eigenvalue weighted by atomic mass is 19.4. The van der Waals surface area contributed by atoms with E-state index in [2.05, 4.69) is 5.10 Å². The van der Waals surface area contributed by atoms with Crippen molar-refractivity contribution < 1.29 is 22.7 Å². The first-order valence-corrected chi connectivity index (χ1v) is 9.52. The average Bonchev–Trinajstić information content (AvgIpc) is 3.18. The fourth-order valence-corrected chi connectivity index (χ4v) is 4.61. The van der Waals surface area contributed by atoms with E-state index in [1.807, 2.05) is 0 Å². The summed E-state index contributed by atoms with van der Waals surface area (Å²) in [5.74, 6) is 1.25. The lowest BCUT2D eigenvalue weighted by Crippen LogP contribution is -2.48. The first kappa shape index (κ1) is 17.7. The zero-order valence-corrected chi connectivity index (χ0v) is 15.2. The fraction of sp³-hybridized carbons (Fsp3) is 0.500. The van der Waals surface area contributed by atoms with Gasteiger partial charge in [0.15, 0.2) is 5.69 Å². The van der Waals surface area contributed by atoms with Gasteiger partial charge in [0, 0.05) is 19.3 Å². The Balaban J connectivity index is 1.26. The first-order chi connectivity index (χ1) is 13.4. The number of hydrogen-bond donors (Lipinski definition) is 0. The molecule has 0 bridgehead atoms. The van der Waals surface area contributed by atoms with Crippen LogP contribution in [0.1, 0.15) is 35.3 Å². The highest BCUT2D eigenvalue weighted by molar-refractivity contribution is 5.92. The summed E-state index contributed by atoms with van der Waals surface area (Å²) in [4.78, 5) is 14.6. The minimum absolute atomic E-state index is 0.0268. The van der Waals surface area contributed by atoms with E-state index in [9.17, 15) is 18.0 Å². The highest BCUT2D eigenvalue weighted by Crippen LogP contribution is 2.57. The van der Waals surface area contributed by atoms with Crippen molar-refractivity contribution in [2.45, 2.75) is 31.0 Å². The zero-order chi connectivity index (χ0) is 19.5. The van der Waals surface area contributed by atoms with Gasteiger partial charge in [-0.1, -0.05) is 0 Å². The number of alkyl halides is 3. The largest absolute Gasteiger partial charge is 0.416 e. The Bertz CT molecular complexity index is 898. The van der Waals surface area contributed by atoms with E-state index >= 15 is 0 Å². The van der Waals surface area contributed by atoms with Gasteiger partial charge in [0.2, 0.25) is 0 Å². The van der Waals surface area contributed by atoms with E-state index in [0.29, 0.717) is 30.4 Å². The third-order valence-electron chi connectivity index (χ3n) is 6.35. The van der Waals surface area contributed by atoms with E-state index in [-0.39, 0.29) is 11.5 Å². The Kier molecular flexibility index (Phi) is 3.84. The summed E-state index contributed by atoms with van der Waals surface area (Å²) < 4.78 is 45.5. The maximum absolute atomic E-state index is 12.8. The predicted molar refractivity (Wildman–Crippen MR) is 94.0 cm³/mol. The van der Waals surface area contributed by atoms with Crippen molar-refractivity contribution >= 4 is 5.91 Å². The van der Waals surface area contributed by atoms with Crippen LogP contribution < -0.4 is 0 Å². The second-order valence-electron chi connectivity index (χ2n) is 7.96. The minimum Gasteiger partial charge on any atom is -0.374 e. The number of carbonyl (C=O) groups excluding carboxylic acids is 1. The van der Waals surface area contributed by atoms with Gasteiger partial charge in [-0.2, -0.15) is 18.3 Å². The lowest BCUT2D eigenvalue weighted by molar-refractivity contribution is -0.137. The van der Waals surface area contributed by atoms with Crippen LogP contribution in [0.15, 0.2) is 36.5 Å². The number of rotatable bonds is 2. The topological polar surface area (TPSA) is 47.4 Å². The first-order valence-electron chi connectivity index (χ1n) is 9.52. The molecule has 1 saturated carbocycles. The van der Waals surface area contributed by atoms with Gasteiger partial charge in [-0.25, -0.2) is 4.68 Å². The SMILES string of the molecule is O=C(c1ccn(-c2ccc(C(F)(F)F)cc2)n1)N1CCC2(CC1)OCC1CC12. The molecule has 0 N–H and O–H groups in total. The van der Waals surface area contributed by atoms with Crippen molar-refractivity contribution in [3.63, 3.8) is 0 Å². The maximum atomic E-state index is 12.8. The highest BCUT2D eigenvalue weighted by Gasteiger charge is 2.59. The monoisotopic (exact) mass is 391 g/mol. The number of likely N-dealkylation sites (tertiary alicyclic amines) is 1. The predicted octanol–water partition coefficient (Wildman–Crippen LogP) is 3.53.